The summed E-state index contributed by atoms with van der Waals surface area (Å²) in [6, 6.07) is 2.63. The largest absolute Gasteiger partial charge is 0.406 e. The molecule has 8 heteroatoms. The normalized spacial score (nSPS) is 11.3. The van der Waals surface area contributed by atoms with E-state index in [2.05, 4.69) is 10.3 Å². The first kappa shape index (κ1) is 16.6. The number of nitrogens with zero attached hydrogens (tertiary/aromatic N) is 2. The summed E-state index contributed by atoms with van der Waals surface area (Å²) < 4.78 is 36.8. The van der Waals surface area contributed by atoms with Crippen LogP contribution in [0.3, 0.4) is 0 Å². The fraction of sp³-hybridized carbons (Fsp3) is 0.500. The molecule has 112 valence electrons. The van der Waals surface area contributed by atoms with Crippen molar-refractivity contribution >= 4 is 23.3 Å². The molecule has 0 aliphatic carbocycles. The number of amides is 1. The minimum absolute atomic E-state index is 0.0508. The molecule has 4 nitrogen and oxygen atoms in total. The van der Waals surface area contributed by atoms with Crippen molar-refractivity contribution < 1.29 is 18.0 Å². The van der Waals surface area contributed by atoms with Crippen molar-refractivity contribution in [1.82, 2.24) is 9.88 Å². The molecule has 1 aromatic rings. The first-order valence-electron chi connectivity index (χ1n) is 5.96. The molecule has 0 saturated carbocycles. The van der Waals surface area contributed by atoms with Crippen LogP contribution in [-0.2, 0) is 0 Å². The number of pyridine rings is 1. The van der Waals surface area contributed by atoms with E-state index in [-0.39, 0.29) is 10.7 Å². The molecular formula is C12H15ClF3N3O. The molecule has 0 radical (unpaired) electrons. The van der Waals surface area contributed by atoms with Gasteiger partial charge < -0.3 is 10.2 Å². The van der Waals surface area contributed by atoms with E-state index in [1.165, 1.54) is 12.1 Å². The van der Waals surface area contributed by atoms with E-state index in [9.17, 15) is 18.0 Å². The molecule has 0 bridgehead atoms. The first-order valence-corrected chi connectivity index (χ1v) is 6.34. The van der Waals surface area contributed by atoms with E-state index in [0.29, 0.717) is 17.3 Å². The smallest absolute Gasteiger partial charge is 0.370 e. The number of rotatable bonds is 5. The summed E-state index contributed by atoms with van der Waals surface area (Å²) in [6.45, 7) is 1.25. The Bertz CT molecular complexity index is 480. The molecule has 0 saturated heterocycles. The maximum absolute atomic E-state index is 12.3. The fourth-order valence-corrected chi connectivity index (χ4v) is 1.73. The highest BCUT2D eigenvalue weighted by molar-refractivity contribution is 6.29. The lowest BCUT2D eigenvalue weighted by Gasteiger charge is -2.19. The van der Waals surface area contributed by atoms with Gasteiger partial charge in [-0.2, -0.15) is 13.2 Å². The Hall–Kier alpha value is -1.50. The second-order valence-corrected chi connectivity index (χ2v) is 4.65. The molecule has 0 aromatic carbocycles. The van der Waals surface area contributed by atoms with Crippen molar-refractivity contribution in [2.45, 2.75) is 19.5 Å². The van der Waals surface area contributed by atoms with Gasteiger partial charge in [0, 0.05) is 19.2 Å². The molecule has 20 heavy (non-hydrogen) atoms. The number of hydrogen-bond donors (Lipinski definition) is 1. The van der Waals surface area contributed by atoms with E-state index in [1.807, 2.05) is 6.92 Å². The van der Waals surface area contributed by atoms with Crippen molar-refractivity contribution in [3.05, 3.63) is 22.8 Å². The summed E-state index contributed by atoms with van der Waals surface area (Å²) in [6.07, 6.45) is -3.60. The Morgan fingerprint density at radius 3 is 2.65 bits per heavy atom. The van der Waals surface area contributed by atoms with Crippen molar-refractivity contribution in [3.63, 3.8) is 0 Å². The number of carbonyl (C=O) groups is 1. The van der Waals surface area contributed by atoms with Crippen LogP contribution in [0.5, 0.6) is 0 Å². The van der Waals surface area contributed by atoms with Gasteiger partial charge in [-0.15, -0.1) is 0 Å². The number of aromatic nitrogens is 1. The zero-order valence-corrected chi connectivity index (χ0v) is 11.8. The van der Waals surface area contributed by atoms with Crippen LogP contribution in [0.15, 0.2) is 12.1 Å². The molecule has 0 aliphatic heterocycles. The summed E-state index contributed by atoms with van der Waals surface area (Å²) in [5.41, 5.74) is 0.0651. The Labute approximate surface area is 119 Å². The number of alkyl halides is 3. The van der Waals surface area contributed by atoms with Gasteiger partial charge in [-0.1, -0.05) is 18.5 Å². The van der Waals surface area contributed by atoms with Gasteiger partial charge in [-0.25, -0.2) is 4.98 Å². The van der Waals surface area contributed by atoms with E-state index < -0.39 is 18.6 Å². The van der Waals surface area contributed by atoms with Crippen LogP contribution < -0.4 is 5.32 Å². The zero-order chi connectivity index (χ0) is 15.3. The summed E-state index contributed by atoms with van der Waals surface area (Å²) in [5.74, 6) is -0.394. The highest BCUT2D eigenvalue weighted by atomic mass is 35.5. The van der Waals surface area contributed by atoms with E-state index in [4.69, 9.17) is 11.6 Å². The maximum Gasteiger partial charge on any atom is 0.406 e. The van der Waals surface area contributed by atoms with E-state index in [0.717, 1.165) is 13.5 Å². The van der Waals surface area contributed by atoms with Crippen molar-refractivity contribution in [2.24, 2.45) is 0 Å². The Balaban J connectivity index is 2.89. The Morgan fingerprint density at radius 2 is 2.10 bits per heavy atom. The van der Waals surface area contributed by atoms with Crippen LogP contribution in [-0.4, -0.2) is 42.1 Å². The molecule has 1 aromatic heterocycles. The van der Waals surface area contributed by atoms with Crippen molar-refractivity contribution in [3.8, 4) is 0 Å². The van der Waals surface area contributed by atoms with Gasteiger partial charge in [0.1, 0.15) is 17.5 Å². The topological polar surface area (TPSA) is 45.2 Å². The summed E-state index contributed by atoms with van der Waals surface area (Å²) in [7, 11) is 1.09. The highest BCUT2D eigenvalue weighted by Gasteiger charge is 2.31. The second-order valence-electron chi connectivity index (χ2n) is 4.27. The van der Waals surface area contributed by atoms with E-state index >= 15 is 0 Å². The summed E-state index contributed by atoms with van der Waals surface area (Å²) in [4.78, 5) is 16.5. The standard InChI is InChI=1S/C12H15ClF3N3O/c1-3-4-17-10-6-8(5-9(13)18-10)11(20)19(2)7-12(14,15)16/h5-6H,3-4,7H2,1-2H3,(H,17,18). The second kappa shape index (κ2) is 6.78. The predicted molar refractivity (Wildman–Crippen MR) is 71.0 cm³/mol. The van der Waals surface area contributed by atoms with Crippen LogP contribution in [0.4, 0.5) is 19.0 Å². The maximum atomic E-state index is 12.3. The number of hydrogen-bond acceptors (Lipinski definition) is 3. The van der Waals surface area contributed by atoms with Crippen molar-refractivity contribution in [1.29, 1.82) is 0 Å². The number of nitrogens with one attached hydrogen (secondary N) is 1. The molecule has 1 rings (SSSR count). The average molecular weight is 310 g/mol. The Kier molecular flexibility index (Phi) is 5.62. The quantitative estimate of drug-likeness (QED) is 0.850. The van der Waals surface area contributed by atoms with Gasteiger partial charge in [0.15, 0.2) is 0 Å². The van der Waals surface area contributed by atoms with Gasteiger partial charge in [-0.3, -0.25) is 4.79 Å². The van der Waals surface area contributed by atoms with E-state index in [1.54, 1.807) is 0 Å². The third-order valence-electron chi connectivity index (χ3n) is 2.36. The molecule has 0 fully saturated rings. The molecule has 0 unspecified atom stereocenters. The minimum atomic E-state index is -4.44. The molecule has 1 amide bonds. The predicted octanol–water partition coefficient (Wildman–Crippen LogP) is 3.19. The number of carbonyl (C=O) groups excluding carboxylic acids is 1. The monoisotopic (exact) mass is 309 g/mol. The lowest BCUT2D eigenvalue weighted by molar-refractivity contribution is -0.138. The number of anilines is 1. The minimum Gasteiger partial charge on any atom is -0.370 e. The van der Waals surface area contributed by atoms with Gasteiger partial charge in [-0.05, 0) is 18.6 Å². The lowest BCUT2D eigenvalue weighted by atomic mass is 10.2. The van der Waals surface area contributed by atoms with Crippen LogP contribution in [0.25, 0.3) is 0 Å². The average Bonchev–Trinajstić information content (AvgIpc) is 2.32. The summed E-state index contributed by atoms with van der Waals surface area (Å²) in [5, 5.41) is 2.98. The first-order chi connectivity index (χ1) is 9.23. The highest BCUT2D eigenvalue weighted by Crippen LogP contribution is 2.19. The zero-order valence-electron chi connectivity index (χ0n) is 11.1. The Morgan fingerprint density at radius 1 is 1.45 bits per heavy atom. The molecule has 1 N–H and O–H groups in total. The molecule has 0 spiro atoms. The number of halogens is 4. The van der Waals surface area contributed by atoms with Gasteiger partial charge in [0.05, 0.1) is 0 Å². The molecule has 0 atom stereocenters. The van der Waals surface area contributed by atoms with Crippen molar-refractivity contribution in [2.75, 3.05) is 25.5 Å². The SMILES string of the molecule is CCCNc1cc(C(=O)N(C)CC(F)(F)F)cc(Cl)n1. The fourth-order valence-electron chi connectivity index (χ4n) is 1.53. The third kappa shape index (κ3) is 5.24. The molecular weight excluding hydrogens is 295 g/mol. The third-order valence-corrected chi connectivity index (χ3v) is 2.55. The van der Waals surface area contributed by atoms with Gasteiger partial charge in [0.25, 0.3) is 5.91 Å². The van der Waals surface area contributed by atoms with Crippen LogP contribution in [0.2, 0.25) is 5.15 Å². The van der Waals surface area contributed by atoms with Crippen LogP contribution >= 0.6 is 11.6 Å². The summed E-state index contributed by atoms with van der Waals surface area (Å²) >= 11 is 5.77. The van der Waals surface area contributed by atoms with Gasteiger partial charge >= 0.3 is 6.18 Å². The lowest BCUT2D eigenvalue weighted by Crippen LogP contribution is -2.35. The van der Waals surface area contributed by atoms with Gasteiger partial charge in [0.2, 0.25) is 0 Å². The van der Waals surface area contributed by atoms with Crippen LogP contribution in [0, 0.1) is 0 Å². The molecule has 0 aliphatic rings. The molecule has 1 heterocycles. The van der Waals surface area contributed by atoms with Crippen LogP contribution in [0.1, 0.15) is 23.7 Å².